The van der Waals surface area contributed by atoms with E-state index in [4.69, 9.17) is 9.47 Å². The molecule has 0 aliphatic carbocycles. The largest absolute Gasteiger partial charge is 0.496 e. The number of rotatable bonds is 12. The molecule has 0 atom stereocenters. The molecule has 3 rings (SSSR count). The molecule has 9 nitrogen and oxygen atoms in total. The zero-order valence-corrected chi connectivity index (χ0v) is 21.0. The number of anilines is 1. The van der Waals surface area contributed by atoms with Crippen molar-refractivity contribution in [3.63, 3.8) is 0 Å². The molecule has 10 heteroatoms. The van der Waals surface area contributed by atoms with Crippen LogP contribution >= 0.6 is 0 Å². The Morgan fingerprint density at radius 2 is 1.80 bits per heavy atom. The molecule has 0 saturated carbocycles. The van der Waals surface area contributed by atoms with Gasteiger partial charge in [-0.15, -0.1) is 0 Å². The average Bonchev–Trinajstić information content (AvgIpc) is 3.41. The van der Waals surface area contributed by atoms with Gasteiger partial charge in [-0.25, -0.2) is 8.42 Å². The van der Waals surface area contributed by atoms with E-state index in [1.807, 2.05) is 0 Å². The van der Waals surface area contributed by atoms with Gasteiger partial charge in [0, 0.05) is 39.8 Å². The second-order valence-corrected chi connectivity index (χ2v) is 10.2. The van der Waals surface area contributed by atoms with E-state index >= 15 is 0 Å². The number of carbonyl (C=O) groups excluding carboxylic acids is 2. The first-order chi connectivity index (χ1) is 16.9. The number of hydrogen-bond donors (Lipinski definition) is 2. The second kappa shape index (κ2) is 12.7. The summed E-state index contributed by atoms with van der Waals surface area (Å²) in [6.07, 6.45) is 2.77. The van der Waals surface area contributed by atoms with Crippen LogP contribution in [-0.4, -0.2) is 65.0 Å². The highest BCUT2D eigenvalue weighted by Crippen LogP contribution is 2.27. The van der Waals surface area contributed by atoms with Crippen molar-refractivity contribution in [2.75, 3.05) is 45.8 Å². The van der Waals surface area contributed by atoms with Gasteiger partial charge in [-0.1, -0.05) is 12.1 Å². The molecular formula is C25H33N3O6S. The van der Waals surface area contributed by atoms with Gasteiger partial charge < -0.3 is 20.1 Å². The molecule has 0 radical (unpaired) electrons. The zero-order valence-electron chi connectivity index (χ0n) is 20.2. The summed E-state index contributed by atoms with van der Waals surface area (Å²) in [6.45, 7) is 2.05. The van der Waals surface area contributed by atoms with Gasteiger partial charge in [0.25, 0.3) is 5.91 Å². The molecule has 1 aliphatic heterocycles. The van der Waals surface area contributed by atoms with E-state index in [2.05, 4.69) is 10.6 Å². The minimum atomic E-state index is -3.58. The molecule has 190 valence electrons. The van der Waals surface area contributed by atoms with E-state index in [0.29, 0.717) is 55.2 Å². The Morgan fingerprint density at radius 1 is 1.06 bits per heavy atom. The third kappa shape index (κ3) is 7.03. The lowest BCUT2D eigenvalue weighted by atomic mass is 10.1. The fourth-order valence-electron chi connectivity index (χ4n) is 3.95. The van der Waals surface area contributed by atoms with Gasteiger partial charge in [0.15, 0.2) is 0 Å². The highest BCUT2D eigenvalue weighted by atomic mass is 32.2. The minimum Gasteiger partial charge on any atom is -0.496 e. The van der Waals surface area contributed by atoms with Crippen molar-refractivity contribution in [1.29, 1.82) is 0 Å². The summed E-state index contributed by atoms with van der Waals surface area (Å²) in [5.41, 5.74) is 1.42. The molecule has 2 aromatic carbocycles. The van der Waals surface area contributed by atoms with Crippen molar-refractivity contribution in [2.24, 2.45) is 0 Å². The lowest BCUT2D eigenvalue weighted by Gasteiger charge is -2.17. The Morgan fingerprint density at radius 3 is 2.51 bits per heavy atom. The van der Waals surface area contributed by atoms with Gasteiger partial charge in [0.2, 0.25) is 15.9 Å². The van der Waals surface area contributed by atoms with Crippen molar-refractivity contribution >= 4 is 27.5 Å². The maximum absolute atomic E-state index is 12.9. The number of sulfonamides is 1. The Kier molecular flexibility index (Phi) is 9.64. The zero-order chi connectivity index (χ0) is 25.3. The lowest BCUT2D eigenvalue weighted by molar-refractivity contribution is -0.116. The predicted octanol–water partition coefficient (Wildman–Crippen LogP) is 2.82. The molecule has 1 saturated heterocycles. The number of ether oxygens (including phenoxy) is 2. The van der Waals surface area contributed by atoms with E-state index in [9.17, 15) is 18.0 Å². The Hall–Kier alpha value is -2.95. The van der Waals surface area contributed by atoms with E-state index in [1.165, 1.54) is 17.5 Å². The van der Waals surface area contributed by atoms with Gasteiger partial charge >= 0.3 is 0 Å². The molecule has 35 heavy (non-hydrogen) atoms. The average molecular weight is 504 g/mol. The molecule has 1 fully saturated rings. The quantitative estimate of drug-likeness (QED) is 0.431. The van der Waals surface area contributed by atoms with E-state index in [0.717, 1.165) is 12.8 Å². The fourth-order valence-corrected chi connectivity index (χ4v) is 5.52. The third-order valence-electron chi connectivity index (χ3n) is 5.83. The van der Waals surface area contributed by atoms with Crippen molar-refractivity contribution < 1.29 is 27.5 Å². The van der Waals surface area contributed by atoms with Crippen LogP contribution in [0.5, 0.6) is 5.75 Å². The van der Waals surface area contributed by atoms with E-state index < -0.39 is 10.0 Å². The number of nitrogens with zero attached hydrogens (tertiary/aromatic N) is 1. The summed E-state index contributed by atoms with van der Waals surface area (Å²) in [5, 5.41) is 5.61. The van der Waals surface area contributed by atoms with Gasteiger partial charge in [0.1, 0.15) is 5.75 Å². The van der Waals surface area contributed by atoms with Crippen LogP contribution in [0.25, 0.3) is 0 Å². The summed E-state index contributed by atoms with van der Waals surface area (Å²) in [4.78, 5) is 25.5. The third-order valence-corrected chi connectivity index (χ3v) is 7.73. The molecule has 1 aliphatic rings. The van der Waals surface area contributed by atoms with Crippen LogP contribution < -0.4 is 15.4 Å². The Bertz CT molecular complexity index is 1130. The SMILES string of the molecule is COCCCNC(=O)c1ccccc1NC(=O)CCc1cc(S(=O)(=O)N2CCCC2)ccc1OC. The lowest BCUT2D eigenvalue weighted by Crippen LogP contribution is -2.28. The fraction of sp³-hybridized carbons (Fsp3) is 0.440. The van der Waals surface area contributed by atoms with E-state index in [-0.39, 0.29) is 29.6 Å². The molecular weight excluding hydrogens is 470 g/mol. The van der Waals surface area contributed by atoms with Gasteiger partial charge in [-0.2, -0.15) is 4.31 Å². The number of para-hydroxylation sites is 1. The summed E-state index contributed by atoms with van der Waals surface area (Å²) in [7, 11) is -0.464. The first-order valence-corrected chi connectivity index (χ1v) is 13.1. The van der Waals surface area contributed by atoms with Crippen LogP contribution in [0.1, 0.15) is 41.6 Å². The number of benzene rings is 2. The molecule has 2 amide bonds. The van der Waals surface area contributed by atoms with Crippen molar-refractivity contribution in [2.45, 2.75) is 37.0 Å². The number of aryl methyl sites for hydroxylation is 1. The molecule has 0 bridgehead atoms. The number of methoxy groups -OCH3 is 2. The highest BCUT2D eigenvalue weighted by molar-refractivity contribution is 7.89. The predicted molar refractivity (Wildman–Crippen MR) is 133 cm³/mol. The summed E-state index contributed by atoms with van der Waals surface area (Å²) in [6, 6.07) is 11.5. The first-order valence-electron chi connectivity index (χ1n) is 11.7. The van der Waals surface area contributed by atoms with Crippen molar-refractivity contribution in [3.8, 4) is 5.75 Å². The van der Waals surface area contributed by atoms with Crippen molar-refractivity contribution in [3.05, 3.63) is 53.6 Å². The van der Waals surface area contributed by atoms with Crippen LogP contribution in [0.15, 0.2) is 47.4 Å². The number of nitrogens with one attached hydrogen (secondary N) is 2. The molecule has 2 N–H and O–H groups in total. The maximum Gasteiger partial charge on any atom is 0.253 e. The molecule has 0 spiro atoms. The Labute approximate surface area is 206 Å². The number of amides is 2. The molecule has 2 aromatic rings. The highest BCUT2D eigenvalue weighted by Gasteiger charge is 2.28. The number of hydrogen-bond acceptors (Lipinski definition) is 6. The van der Waals surface area contributed by atoms with Gasteiger partial charge in [-0.05, 0) is 61.6 Å². The summed E-state index contributed by atoms with van der Waals surface area (Å²) < 4.78 is 37.7. The molecule has 1 heterocycles. The second-order valence-electron chi connectivity index (χ2n) is 8.28. The maximum atomic E-state index is 12.9. The Balaban J connectivity index is 1.66. The first kappa shape index (κ1) is 26.7. The summed E-state index contributed by atoms with van der Waals surface area (Å²) >= 11 is 0. The van der Waals surface area contributed by atoms with Gasteiger partial charge in [0.05, 0.1) is 23.3 Å². The van der Waals surface area contributed by atoms with Gasteiger partial charge in [-0.3, -0.25) is 9.59 Å². The van der Waals surface area contributed by atoms with Crippen LogP contribution in [0, 0.1) is 0 Å². The van der Waals surface area contributed by atoms with E-state index in [1.54, 1.807) is 43.5 Å². The van der Waals surface area contributed by atoms with Crippen LogP contribution in [0.3, 0.4) is 0 Å². The van der Waals surface area contributed by atoms with Crippen LogP contribution in [0.4, 0.5) is 5.69 Å². The molecule has 0 unspecified atom stereocenters. The minimum absolute atomic E-state index is 0.0906. The monoisotopic (exact) mass is 503 g/mol. The molecule has 0 aromatic heterocycles. The topological polar surface area (TPSA) is 114 Å². The normalized spacial score (nSPS) is 14.0. The number of carbonyl (C=O) groups is 2. The van der Waals surface area contributed by atoms with Crippen LogP contribution in [0.2, 0.25) is 0 Å². The summed E-state index contributed by atoms with van der Waals surface area (Å²) in [5.74, 6) is -0.0491. The van der Waals surface area contributed by atoms with Crippen LogP contribution in [-0.2, 0) is 26.0 Å². The smallest absolute Gasteiger partial charge is 0.253 e. The van der Waals surface area contributed by atoms with Crippen molar-refractivity contribution in [1.82, 2.24) is 9.62 Å². The standard InChI is InChI=1S/C25H33N3O6S/c1-33-17-7-14-26-25(30)21-8-3-4-9-22(21)27-24(29)13-10-19-18-20(11-12-23(19)34-2)35(31,32)28-15-5-6-16-28/h3-4,8-9,11-12,18H,5-7,10,13-17H2,1-2H3,(H,26,30)(H,27,29).